The summed E-state index contributed by atoms with van der Waals surface area (Å²) in [6.07, 6.45) is 2.28. The van der Waals surface area contributed by atoms with Crippen molar-refractivity contribution in [3.05, 3.63) is 33.8 Å². The summed E-state index contributed by atoms with van der Waals surface area (Å²) in [6, 6.07) is 6.91. The van der Waals surface area contributed by atoms with Crippen LogP contribution in [0.3, 0.4) is 0 Å². The number of carbonyl (C=O) groups excluding carboxylic acids is 1. The predicted octanol–water partition coefficient (Wildman–Crippen LogP) is 2.16. The minimum absolute atomic E-state index is 0.0301. The molecule has 17 heavy (non-hydrogen) atoms. The number of hydrogen-bond acceptors (Lipinski definition) is 2. The zero-order valence-corrected chi connectivity index (χ0v) is 11.5. The maximum absolute atomic E-state index is 10.7. The third-order valence-electron chi connectivity index (χ3n) is 3.07. The number of fused-ring (bicyclic) bond motifs is 1. The van der Waals surface area contributed by atoms with Crippen molar-refractivity contribution in [1.82, 2.24) is 10.6 Å². The molecule has 0 spiro atoms. The number of nitrogens with one attached hydrogen (secondary N) is 2. The van der Waals surface area contributed by atoms with Crippen LogP contribution in [0, 0.1) is 0 Å². The molecule has 1 atom stereocenters. The van der Waals surface area contributed by atoms with Gasteiger partial charge in [0.15, 0.2) is 0 Å². The predicted molar refractivity (Wildman–Crippen MR) is 71.9 cm³/mol. The van der Waals surface area contributed by atoms with Gasteiger partial charge in [-0.25, -0.2) is 0 Å². The van der Waals surface area contributed by atoms with Crippen LogP contribution in [0.1, 0.15) is 30.5 Å². The largest absolute Gasteiger partial charge is 0.355 e. The zero-order valence-electron chi connectivity index (χ0n) is 9.92. The lowest BCUT2D eigenvalue weighted by molar-refractivity contribution is -0.118. The Morgan fingerprint density at radius 2 is 2.29 bits per heavy atom. The number of rotatable bonds is 4. The molecule has 0 heterocycles. The monoisotopic (exact) mass is 296 g/mol. The molecule has 0 saturated heterocycles. The Bertz CT molecular complexity index is 420. The van der Waals surface area contributed by atoms with Gasteiger partial charge in [0.25, 0.3) is 0 Å². The standard InChI is InChI=1S/C13H17BrN2O/c1-9(17)15-6-7-16-13-5-2-10-8-11(14)3-4-12(10)13/h3-4,8,13,16H,2,5-7H2,1H3,(H,15,17). The fourth-order valence-corrected chi connectivity index (χ4v) is 2.69. The molecule has 1 aromatic carbocycles. The zero-order chi connectivity index (χ0) is 12.3. The summed E-state index contributed by atoms with van der Waals surface area (Å²) in [7, 11) is 0. The van der Waals surface area contributed by atoms with E-state index in [0.717, 1.165) is 23.9 Å². The van der Waals surface area contributed by atoms with Gasteiger partial charge in [-0.2, -0.15) is 0 Å². The van der Waals surface area contributed by atoms with Crippen LogP contribution in [0.2, 0.25) is 0 Å². The summed E-state index contributed by atoms with van der Waals surface area (Å²) in [5.74, 6) is 0.0301. The van der Waals surface area contributed by atoms with Crippen LogP contribution in [0.25, 0.3) is 0 Å². The van der Waals surface area contributed by atoms with Crippen molar-refractivity contribution in [2.75, 3.05) is 13.1 Å². The second-order valence-corrected chi connectivity index (χ2v) is 5.29. The molecule has 1 amide bonds. The highest BCUT2D eigenvalue weighted by Gasteiger charge is 2.21. The van der Waals surface area contributed by atoms with E-state index >= 15 is 0 Å². The van der Waals surface area contributed by atoms with Crippen molar-refractivity contribution in [3.63, 3.8) is 0 Å². The summed E-state index contributed by atoms with van der Waals surface area (Å²) in [6.45, 7) is 3.06. The molecule has 1 unspecified atom stereocenters. The average molecular weight is 297 g/mol. The Labute approximate surface area is 110 Å². The third kappa shape index (κ3) is 3.30. The van der Waals surface area contributed by atoms with Gasteiger partial charge in [-0.05, 0) is 36.1 Å². The first-order chi connectivity index (χ1) is 8.16. The Morgan fingerprint density at radius 1 is 1.47 bits per heavy atom. The molecule has 1 aliphatic rings. The van der Waals surface area contributed by atoms with Crippen molar-refractivity contribution in [1.29, 1.82) is 0 Å². The molecule has 1 aromatic rings. The fraction of sp³-hybridized carbons (Fsp3) is 0.462. The van der Waals surface area contributed by atoms with Crippen molar-refractivity contribution < 1.29 is 4.79 Å². The molecule has 0 radical (unpaired) electrons. The second-order valence-electron chi connectivity index (χ2n) is 4.37. The number of benzene rings is 1. The Hall–Kier alpha value is -0.870. The highest BCUT2D eigenvalue weighted by atomic mass is 79.9. The van der Waals surface area contributed by atoms with Crippen LogP contribution in [-0.4, -0.2) is 19.0 Å². The minimum Gasteiger partial charge on any atom is -0.355 e. The Morgan fingerprint density at radius 3 is 3.06 bits per heavy atom. The van der Waals surface area contributed by atoms with Crippen LogP contribution in [0.15, 0.2) is 22.7 Å². The summed E-state index contributed by atoms with van der Waals surface area (Å²) in [5.41, 5.74) is 2.83. The average Bonchev–Trinajstić information content (AvgIpc) is 2.66. The fourth-order valence-electron chi connectivity index (χ4n) is 2.28. The quantitative estimate of drug-likeness (QED) is 0.836. The smallest absolute Gasteiger partial charge is 0.216 e. The molecular formula is C13H17BrN2O. The molecule has 0 saturated carbocycles. The van der Waals surface area contributed by atoms with Crippen molar-refractivity contribution >= 4 is 21.8 Å². The molecule has 2 rings (SSSR count). The normalized spacial score (nSPS) is 17.9. The number of amides is 1. The highest BCUT2D eigenvalue weighted by Crippen LogP contribution is 2.32. The lowest BCUT2D eigenvalue weighted by Gasteiger charge is -2.14. The number of halogens is 1. The number of aryl methyl sites for hydroxylation is 1. The van der Waals surface area contributed by atoms with Gasteiger partial charge < -0.3 is 10.6 Å². The first-order valence-corrected chi connectivity index (χ1v) is 6.72. The maximum atomic E-state index is 10.7. The maximum Gasteiger partial charge on any atom is 0.216 e. The summed E-state index contributed by atoms with van der Waals surface area (Å²) >= 11 is 3.50. The molecule has 2 N–H and O–H groups in total. The van der Waals surface area contributed by atoms with Crippen LogP contribution in [0.4, 0.5) is 0 Å². The van der Waals surface area contributed by atoms with E-state index in [9.17, 15) is 4.79 Å². The molecule has 92 valence electrons. The molecule has 1 aliphatic carbocycles. The lowest BCUT2D eigenvalue weighted by Crippen LogP contribution is -2.31. The van der Waals surface area contributed by atoms with E-state index in [1.807, 2.05) is 0 Å². The van der Waals surface area contributed by atoms with E-state index in [4.69, 9.17) is 0 Å². The van der Waals surface area contributed by atoms with Crippen molar-refractivity contribution in [3.8, 4) is 0 Å². The number of carbonyl (C=O) groups is 1. The van der Waals surface area contributed by atoms with Gasteiger partial charge in [-0.3, -0.25) is 4.79 Å². The van der Waals surface area contributed by atoms with Crippen LogP contribution >= 0.6 is 15.9 Å². The third-order valence-corrected chi connectivity index (χ3v) is 3.57. The van der Waals surface area contributed by atoms with Gasteiger partial charge >= 0.3 is 0 Å². The molecule has 0 aromatic heterocycles. The van der Waals surface area contributed by atoms with E-state index in [-0.39, 0.29) is 5.91 Å². The van der Waals surface area contributed by atoms with Crippen LogP contribution in [0.5, 0.6) is 0 Å². The summed E-state index contributed by atoms with van der Waals surface area (Å²) in [4.78, 5) is 10.7. The van der Waals surface area contributed by atoms with Crippen LogP contribution < -0.4 is 10.6 Å². The van der Waals surface area contributed by atoms with E-state index < -0.39 is 0 Å². The SMILES string of the molecule is CC(=O)NCCNC1CCc2cc(Br)ccc21. The van der Waals surface area contributed by atoms with Crippen LogP contribution in [-0.2, 0) is 11.2 Å². The summed E-state index contributed by atoms with van der Waals surface area (Å²) < 4.78 is 1.15. The van der Waals surface area contributed by atoms with Crippen molar-refractivity contribution in [2.45, 2.75) is 25.8 Å². The lowest BCUT2D eigenvalue weighted by atomic mass is 10.1. The van der Waals surface area contributed by atoms with Gasteiger partial charge in [-0.15, -0.1) is 0 Å². The van der Waals surface area contributed by atoms with E-state index in [1.54, 1.807) is 6.92 Å². The molecule has 3 nitrogen and oxygen atoms in total. The first kappa shape index (κ1) is 12.6. The molecule has 0 bridgehead atoms. The molecule has 0 fully saturated rings. The van der Waals surface area contributed by atoms with E-state index in [2.05, 4.69) is 44.8 Å². The number of hydrogen-bond donors (Lipinski definition) is 2. The minimum atomic E-state index is 0.0301. The van der Waals surface area contributed by atoms with Gasteiger partial charge in [0.2, 0.25) is 5.91 Å². The Kier molecular flexibility index (Phi) is 4.18. The van der Waals surface area contributed by atoms with E-state index in [1.165, 1.54) is 11.1 Å². The van der Waals surface area contributed by atoms with E-state index in [0.29, 0.717) is 12.6 Å². The van der Waals surface area contributed by atoms with Gasteiger partial charge in [0.05, 0.1) is 0 Å². The van der Waals surface area contributed by atoms with Gasteiger partial charge in [0, 0.05) is 30.5 Å². The van der Waals surface area contributed by atoms with Gasteiger partial charge in [0.1, 0.15) is 0 Å². The topological polar surface area (TPSA) is 41.1 Å². The first-order valence-electron chi connectivity index (χ1n) is 5.93. The second kappa shape index (κ2) is 5.65. The Balaban J connectivity index is 1.87. The summed E-state index contributed by atoms with van der Waals surface area (Å²) in [5, 5.41) is 6.28. The molecule has 0 aliphatic heterocycles. The molecular weight excluding hydrogens is 280 g/mol. The van der Waals surface area contributed by atoms with Crippen molar-refractivity contribution in [2.24, 2.45) is 0 Å². The highest BCUT2D eigenvalue weighted by molar-refractivity contribution is 9.10. The van der Waals surface area contributed by atoms with Gasteiger partial charge in [-0.1, -0.05) is 22.0 Å². The molecule has 4 heteroatoms.